The Balaban J connectivity index is 1.02. The molecule has 2 atom stereocenters. The summed E-state index contributed by atoms with van der Waals surface area (Å²) in [5.41, 5.74) is 13.1. The van der Waals surface area contributed by atoms with Gasteiger partial charge >= 0.3 is 0 Å². The molecular formula is C36H45N7O2. The van der Waals surface area contributed by atoms with Gasteiger partial charge in [-0.25, -0.2) is 4.98 Å². The van der Waals surface area contributed by atoms with Crippen molar-refractivity contribution in [1.29, 1.82) is 0 Å². The third-order valence-electron chi connectivity index (χ3n) is 9.10. The molecule has 1 aliphatic carbocycles. The number of nitrogens with two attached hydrogens (primary N) is 1. The smallest absolute Gasteiger partial charge is 0.255 e. The highest BCUT2D eigenvalue weighted by atomic mass is 16.5. The van der Waals surface area contributed by atoms with Crippen LogP contribution in [-0.2, 0) is 17.9 Å². The molecule has 2 aromatic carbocycles. The maximum atomic E-state index is 13.3. The number of hydrogen-bond acceptors (Lipinski definition) is 7. The van der Waals surface area contributed by atoms with Crippen molar-refractivity contribution in [3.63, 3.8) is 0 Å². The summed E-state index contributed by atoms with van der Waals surface area (Å²) in [6.45, 7) is 10.2. The lowest BCUT2D eigenvalue weighted by Gasteiger charge is -2.32. The van der Waals surface area contributed by atoms with Gasteiger partial charge in [-0.2, -0.15) is 5.10 Å². The first-order valence-corrected chi connectivity index (χ1v) is 16.1. The normalized spacial score (nSPS) is 19.3. The molecule has 2 aromatic heterocycles. The van der Waals surface area contributed by atoms with Gasteiger partial charge in [0.2, 0.25) is 0 Å². The SMILES string of the molecule is CC(C)n1cc(-c2cnc(N)c(C(=O)N[C@H]3CCC[C@@H]3OCc3ccc(-c4ccc(CN5CCN(C)CC5)cc4)cc3)c2)cn1. The van der Waals surface area contributed by atoms with E-state index in [4.69, 9.17) is 10.5 Å². The monoisotopic (exact) mass is 607 g/mol. The first-order chi connectivity index (χ1) is 21.8. The molecule has 1 saturated heterocycles. The van der Waals surface area contributed by atoms with Gasteiger partial charge in [-0.1, -0.05) is 48.5 Å². The van der Waals surface area contributed by atoms with Crippen LogP contribution < -0.4 is 11.1 Å². The number of amides is 1. The average molecular weight is 608 g/mol. The molecule has 4 aromatic rings. The molecule has 2 fully saturated rings. The van der Waals surface area contributed by atoms with Crippen molar-refractivity contribution in [2.24, 2.45) is 0 Å². The molecule has 0 unspecified atom stereocenters. The number of anilines is 1. The van der Waals surface area contributed by atoms with Crippen LogP contribution in [0.5, 0.6) is 0 Å². The van der Waals surface area contributed by atoms with Crippen molar-refractivity contribution in [2.45, 2.75) is 64.4 Å². The van der Waals surface area contributed by atoms with Crippen LogP contribution in [0, 0.1) is 0 Å². The quantitative estimate of drug-likeness (QED) is 0.249. The first kappa shape index (κ1) is 31.0. The number of pyridine rings is 1. The van der Waals surface area contributed by atoms with E-state index in [0.29, 0.717) is 12.2 Å². The van der Waals surface area contributed by atoms with E-state index in [1.807, 2.05) is 10.9 Å². The van der Waals surface area contributed by atoms with Crippen LogP contribution in [-0.4, -0.2) is 75.8 Å². The molecule has 0 radical (unpaired) electrons. The zero-order valence-electron chi connectivity index (χ0n) is 26.7. The fourth-order valence-electron chi connectivity index (χ4n) is 6.18. The molecule has 1 amide bonds. The molecule has 1 saturated carbocycles. The van der Waals surface area contributed by atoms with Crippen LogP contribution in [0.15, 0.2) is 73.2 Å². The van der Waals surface area contributed by atoms with Gasteiger partial charge in [-0.05, 0) is 68.5 Å². The van der Waals surface area contributed by atoms with Gasteiger partial charge < -0.3 is 20.7 Å². The summed E-state index contributed by atoms with van der Waals surface area (Å²) >= 11 is 0. The zero-order chi connectivity index (χ0) is 31.3. The van der Waals surface area contributed by atoms with Gasteiger partial charge in [0, 0.05) is 62.3 Å². The van der Waals surface area contributed by atoms with Crippen molar-refractivity contribution in [1.82, 2.24) is 29.9 Å². The summed E-state index contributed by atoms with van der Waals surface area (Å²) in [6, 6.07) is 19.5. The second-order valence-corrected chi connectivity index (χ2v) is 12.8. The van der Waals surface area contributed by atoms with Crippen molar-refractivity contribution in [2.75, 3.05) is 39.0 Å². The first-order valence-electron chi connectivity index (χ1n) is 16.1. The van der Waals surface area contributed by atoms with Crippen LogP contribution in [0.4, 0.5) is 5.82 Å². The molecule has 0 bridgehead atoms. The molecule has 3 N–H and O–H groups in total. The number of benzene rings is 2. The van der Waals surface area contributed by atoms with Crippen LogP contribution in [0.3, 0.4) is 0 Å². The van der Waals surface area contributed by atoms with Crippen LogP contribution in [0.2, 0.25) is 0 Å². The maximum Gasteiger partial charge on any atom is 0.255 e. The molecule has 1 aliphatic heterocycles. The number of carbonyl (C=O) groups excluding carboxylic acids is 1. The summed E-state index contributed by atoms with van der Waals surface area (Å²) in [5, 5.41) is 7.59. The molecule has 236 valence electrons. The van der Waals surface area contributed by atoms with E-state index in [9.17, 15) is 4.79 Å². The van der Waals surface area contributed by atoms with Gasteiger partial charge in [0.25, 0.3) is 5.91 Å². The van der Waals surface area contributed by atoms with Crippen molar-refractivity contribution < 1.29 is 9.53 Å². The zero-order valence-corrected chi connectivity index (χ0v) is 26.7. The van der Waals surface area contributed by atoms with E-state index in [0.717, 1.165) is 68.7 Å². The standard InChI is InChI=1S/C36H45N7O2/c1-25(2)43-23-31(21-39-43)30-19-32(35(37)38-20-30)36(44)40-33-5-4-6-34(33)45-24-27-9-13-29(14-10-27)28-11-7-26(8-12-28)22-42-17-15-41(3)16-18-42/h7-14,19-21,23,25,33-34H,4-6,15-18,22,24H2,1-3H3,(H2,37,38)(H,40,44)/t33-,34-/m0/s1. The highest BCUT2D eigenvalue weighted by molar-refractivity contribution is 5.99. The molecule has 9 nitrogen and oxygen atoms in total. The van der Waals surface area contributed by atoms with E-state index >= 15 is 0 Å². The minimum Gasteiger partial charge on any atom is -0.383 e. The van der Waals surface area contributed by atoms with Crippen LogP contribution >= 0.6 is 0 Å². The number of nitrogens with zero attached hydrogens (tertiary/aromatic N) is 5. The lowest BCUT2D eigenvalue weighted by atomic mass is 10.0. The van der Waals surface area contributed by atoms with E-state index in [1.54, 1.807) is 18.5 Å². The van der Waals surface area contributed by atoms with Gasteiger partial charge in [0.1, 0.15) is 5.82 Å². The van der Waals surface area contributed by atoms with Gasteiger partial charge in [-0.3, -0.25) is 14.4 Å². The summed E-state index contributed by atoms with van der Waals surface area (Å²) in [6.07, 6.45) is 8.16. The lowest BCUT2D eigenvalue weighted by molar-refractivity contribution is 0.0272. The number of hydrogen-bond donors (Lipinski definition) is 2. The number of rotatable bonds is 10. The minimum atomic E-state index is -0.225. The average Bonchev–Trinajstić information content (AvgIpc) is 3.72. The van der Waals surface area contributed by atoms with Gasteiger partial charge in [-0.15, -0.1) is 0 Å². The Kier molecular flexibility index (Phi) is 9.59. The summed E-state index contributed by atoms with van der Waals surface area (Å²) in [7, 11) is 2.19. The van der Waals surface area contributed by atoms with E-state index in [-0.39, 0.29) is 29.9 Å². The molecule has 6 rings (SSSR count). The fraction of sp³-hybridized carbons (Fsp3) is 0.417. The summed E-state index contributed by atoms with van der Waals surface area (Å²) in [5.74, 6) is -0.00904. The Morgan fingerprint density at radius 3 is 2.29 bits per heavy atom. The number of carbonyl (C=O) groups is 1. The molecule has 3 heterocycles. The molecule has 2 aliphatic rings. The van der Waals surface area contributed by atoms with E-state index < -0.39 is 0 Å². The van der Waals surface area contributed by atoms with Crippen molar-refractivity contribution in [3.8, 4) is 22.3 Å². The predicted octanol–water partition coefficient (Wildman–Crippen LogP) is 5.39. The maximum absolute atomic E-state index is 13.3. The third-order valence-corrected chi connectivity index (χ3v) is 9.10. The van der Waals surface area contributed by atoms with E-state index in [1.165, 1.54) is 16.7 Å². The van der Waals surface area contributed by atoms with Gasteiger partial charge in [0.15, 0.2) is 0 Å². The number of piperazine rings is 1. The Labute approximate surface area is 266 Å². The molecule has 9 heteroatoms. The summed E-state index contributed by atoms with van der Waals surface area (Å²) in [4.78, 5) is 22.6. The second-order valence-electron chi connectivity index (χ2n) is 12.8. The third kappa shape index (κ3) is 7.61. The minimum absolute atomic E-state index is 0.0527. The Hall–Kier alpha value is -4.05. The van der Waals surface area contributed by atoms with E-state index in [2.05, 4.69) is 94.6 Å². The largest absolute Gasteiger partial charge is 0.383 e. The number of likely N-dealkylation sites (N-methyl/N-ethyl adjacent to an activating group) is 1. The Bertz CT molecular complexity index is 1570. The van der Waals surface area contributed by atoms with Crippen LogP contribution in [0.1, 0.15) is 60.6 Å². The molecular weight excluding hydrogens is 562 g/mol. The lowest BCUT2D eigenvalue weighted by Crippen LogP contribution is -2.43. The topological polar surface area (TPSA) is 102 Å². The van der Waals surface area contributed by atoms with Gasteiger partial charge in [0.05, 0.1) is 30.5 Å². The molecule has 0 spiro atoms. The summed E-state index contributed by atoms with van der Waals surface area (Å²) < 4.78 is 8.23. The highest BCUT2D eigenvalue weighted by Crippen LogP contribution is 2.27. The second kappa shape index (κ2) is 13.9. The highest BCUT2D eigenvalue weighted by Gasteiger charge is 2.30. The van der Waals surface area contributed by atoms with Crippen LogP contribution in [0.25, 0.3) is 22.3 Å². The van der Waals surface area contributed by atoms with Crippen molar-refractivity contribution in [3.05, 3.63) is 89.9 Å². The molecule has 45 heavy (non-hydrogen) atoms. The Morgan fingerprint density at radius 2 is 1.62 bits per heavy atom. The number of ether oxygens (including phenoxy) is 1. The predicted molar refractivity (Wildman–Crippen MR) is 179 cm³/mol. The Morgan fingerprint density at radius 1 is 0.933 bits per heavy atom. The number of aromatic nitrogens is 3. The number of nitrogens with one attached hydrogen (secondary N) is 1. The number of nitrogen functional groups attached to an aromatic ring is 1. The van der Waals surface area contributed by atoms with Crippen molar-refractivity contribution >= 4 is 11.7 Å². The fourth-order valence-corrected chi connectivity index (χ4v) is 6.18.